The first-order valence-corrected chi connectivity index (χ1v) is 14.3. The Morgan fingerprint density at radius 3 is 2.04 bits per heavy atom. The maximum atomic E-state index is 13.8. The van der Waals surface area contributed by atoms with Gasteiger partial charge in [-0.05, 0) is 80.1 Å². The van der Waals surface area contributed by atoms with Gasteiger partial charge in [0, 0.05) is 5.56 Å². The molecule has 1 nitrogen and oxygen atoms in total. The first-order chi connectivity index (χ1) is 13.1. The lowest BCUT2D eigenvalue weighted by molar-refractivity contribution is 0.142. The van der Waals surface area contributed by atoms with Gasteiger partial charge in [-0.1, -0.05) is 57.8 Å². The third-order valence-corrected chi connectivity index (χ3v) is 12.3. The maximum Gasteiger partial charge on any atom is 0.192 e. The molecule has 1 atom stereocenters. The molecule has 1 aromatic carbocycles. The molecular weight excluding hydrogens is 410 g/mol. The highest BCUT2D eigenvalue weighted by Crippen LogP contribution is 2.43. The van der Waals surface area contributed by atoms with Crippen LogP contribution in [0.4, 0.5) is 4.39 Å². The summed E-state index contributed by atoms with van der Waals surface area (Å²) >= 11 is 12.9. The third kappa shape index (κ3) is 6.20. The van der Waals surface area contributed by atoms with Crippen LogP contribution in [0.5, 0.6) is 0 Å². The van der Waals surface area contributed by atoms with Crippen molar-refractivity contribution < 1.29 is 8.82 Å². The fourth-order valence-electron chi connectivity index (χ4n) is 4.56. The van der Waals surface area contributed by atoms with Crippen LogP contribution < -0.4 is 0 Å². The Kier molecular flexibility index (Phi) is 8.88. The molecule has 1 aliphatic carbocycles. The Morgan fingerprint density at radius 2 is 1.57 bits per heavy atom. The van der Waals surface area contributed by atoms with Crippen molar-refractivity contribution in [3.05, 3.63) is 33.6 Å². The van der Waals surface area contributed by atoms with Crippen LogP contribution in [0.3, 0.4) is 0 Å². The van der Waals surface area contributed by atoms with E-state index in [2.05, 4.69) is 34.6 Å². The molecule has 0 amide bonds. The monoisotopic (exact) mass is 446 g/mol. The minimum atomic E-state index is -1.84. The highest BCUT2D eigenvalue weighted by molar-refractivity contribution is 6.73. The molecule has 1 unspecified atom stereocenters. The molecule has 5 heteroatoms. The van der Waals surface area contributed by atoms with E-state index >= 15 is 0 Å². The van der Waals surface area contributed by atoms with E-state index < -0.39 is 14.1 Å². The minimum absolute atomic E-state index is 0.137. The van der Waals surface area contributed by atoms with Crippen molar-refractivity contribution in [2.24, 2.45) is 11.3 Å². The number of halogens is 3. The number of hydrogen-bond donors (Lipinski definition) is 0. The second-order valence-corrected chi connectivity index (χ2v) is 14.9. The average Bonchev–Trinajstić information content (AvgIpc) is 2.64. The van der Waals surface area contributed by atoms with Gasteiger partial charge in [-0.15, -0.1) is 0 Å². The number of benzene rings is 1. The van der Waals surface area contributed by atoms with Crippen LogP contribution in [0.2, 0.25) is 28.2 Å². The van der Waals surface area contributed by atoms with E-state index in [1.165, 1.54) is 37.8 Å². The molecule has 160 valence electrons. The lowest BCUT2D eigenvalue weighted by Gasteiger charge is -2.37. The summed E-state index contributed by atoms with van der Waals surface area (Å²) in [5.74, 6) is 0.343. The van der Waals surface area contributed by atoms with Crippen LogP contribution in [-0.4, -0.2) is 8.32 Å². The predicted molar refractivity (Wildman–Crippen MR) is 122 cm³/mol. The second kappa shape index (κ2) is 10.3. The van der Waals surface area contributed by atoms with Crippen LogP contribution in [0, 0.1) is 17.2 Å². The smallest absolute Gasteiger partial charge is 0.192 e. The Labute approximate surface area is 182 Å². The third-order valence-electron chi connectivity index (χ3n) is 6.99. The lowest BCUT2D eigenvalue weighted by atomic mass is 9.72. The summed E-state index contributed by atoms with van der Waals surface area (Å²) < 4.78 is 20.6. The fourth-order valence-corrected chi connectivity index (χ4v) is 8.10. The first-order valence-electron chi connectivity index (χ1n) is 11.0. The van der Waals surface area contributed by atoms with Gasteiger partial charge in [0.05, 0.1) is 16.1 Å². The van der Waals surface area contributed by atoms with E-state index in [-0.39, 0.29) is 6.10 Å². The Bertz CT molecular complexity index is 604. The van der Waals surface area contributed by atoms with Crippen molar-refractivity contribution in [1.29, 1.82) is 0 Å². The summed E-state index contributed by atoms with van der Waals surface area (Å²) in [4.78, 5) is 0. The van der Waals surface area contributed by atoms with E-state index in [1.807, 2.05) is 0 Å². The first kappa shape index (κ1) is 24.2. The zero-order valence-corrected chi connectivity index (χ0v) is 20.7. The molecule has 0 spiro atoms. The van der Waals surface area contributed by atoms with E-state index in [0.29, 0.717) is 15.5 Å². The van der Waals surface area contributed by atoms with Crippen LogP contribution >= 0.6 is 23.2 Å². The maximum absolute atomic E-state index is 13.8. The van der Waals surface area contributed by atoms with Gasteiger partial charge in [-0.25, -0.2) is 4.39 Å². The molecule has 2 rings (SSSR count). The summed E-state index contributed by atoms with van der Waals surface area (Å²) in [5, 5.41) is 0.789. The second-order valence-electron chi connectivity index (χ2n) is 9.32. The summed E-state index contributed by atoms with van der Waals surface area (Å²) in [6.07, 6.45) is 7.03. The zero-order chi connectivity index (χ0) is 20.9. The Hall–Kier alpha value is -0.0931. The minimum Gasteiger partial charge on any atom is -0.410 e. The van der Waals surface area contributed by atoms with E-state index in [0.717, 1.165) is 42.5 Å². The van der Waals surface area contributed by atoms with Gasteiger partial charge in [-0.2, -0.15) is 0 Å². The largest absolute Gasteiger partial charge is 0.410 e. The van der Waals surface area contributed by atoms with E-state index in [4.69, 9.17) is 27.6 Å². The molecule has 1 saturated carbocycles. The van der Waals surface area contributed by atoms with Gasteiger partial charge in [0.1, 0.15) is 5.82 Å². The van der Waals surface area contributed by atoms with Crippen molar-refractivity contribution in [2.45, 2.75) is 97.4 Å². The predicted octanol–water partition coefficient (Wildman–Crippen LogP) is 9.19. The molecule has 0 aromatic heterocycles. The van der Waals surface area contributed by atoms with Crippen LogP contribution in [0.15, 0.2) is 12.1 Å². The van der Waals surface area contributed by atoms with Crippen molar-refractivity contribution in [3.63, 3.8) is 0 Å². The molecule has 1 fully saturated rings. The standard InChI is InChI=1S/C23H37Cl2FOSi/c1-6-28(7-2,8-3)27-21(22-19(24)15-18(26)16-20(22)25)10-9-17-11-13-23(4,5)14-12-17/h15-17,21H,6-14H2,1-5H3. The molecule has 0 N–H and O–H groups in total. The molecule has 1 aliphatic rings. The van der Waals surface area contributed by atoms with Crippen molar-refractivity contribution >= 4 is 31.5 Å². The quantitative estimate of drug-likeness (QED) is 0.343. The van der Waals surface area contributed by atoms with Gasteiger partial charge >= 0.3 is 0 Å². The van der Waals surface area contributed by atoms with Crippen molar-refractivity contribution in [1.82, 2.24) is 0 Å². The summed E-state index contributed by atoms with van der Waals surface area (Å²) in [6.45, 7) is 11.4. The van der Waals surface area contributed by atoms with Gasteiger partial charge in [0.2, 0.25) is 0 Å². The summed E-state index contributed by atoms with van der Waals surface area (Å²) in [7, 11) is -1.84. The van der Waals surface area contributed by atoms with Crippen molar-refractivity contribution in [2.75, 3.05) is 0 Å². The molecule has 0 aliphatic heterocycles. The van der Waals surface area contributed by atoms with Crippen LogP contribution in [0.1, 0.15) is 84.8 Å². The lowest BCUT2D eigenvalue weighted by Crippen LogP contribution is -2.37. The van der Waals surface area contributed by atoms with Gasteiger partial charge in [-0.3, -0.25) is 0 Å². The van der Waals surface area contributed by atoms with E-state index in [9.17, 15) is 4.39 Å². The molecular formula is C23H37Cl2FOSi. The number of hydrogen-bond acceptors (Lipinski definition) is 1. The van der Waals surface area contributed by atoms with Crippen LogP contribution in [0.25, 0.3) is 0 Å². The summed E-state index contributed by atoms with van der Waals surface area (Å²) in [5.41, 5.74) is 1.26. The van der Waals surface area contributed by atoms with Gasteiger partial charge < -0.3 is 4.43 Å². The average molecular weight is 448 g/mol. The van der Waals surface area contributed by atoms with Crippen molar-refractivity contribution in [3.8, 4) is 0 Å². The van der Waals surface area contributed by atoms with Gasteiger partial charge in [0.25, 0.3) is 0 Å². The summed E-state index contributed by atoms with van der Waals surface area (Å²) in [6, 6.07) is 5.96. The van der Waals surface area contributed by atoms with E-state index in [1.54, 1.807) is 0 Å². The highest BCUT2D eigenvalue weighted by atomic mass is 35.5. The Balaban J connectivity index is 2.22. The fraction of sp³-hybridized carbons (Fsp3) is 0.739. The molecule has 28 heavy (non-hydrogen) atoms. The zero-order valence-electron chi connectivity index (χ0n) is 18.2. The van der Waals surface area contributed by atoms with Gasteiger partial charge in [0.15, 0.2) is 8.32 Å². The Morgan fingerprint density at radius 1 is 1.07 bits per heavy atom. The topological polar surface area (TPSA) is 9.23 Å². The molecule has 1 aromatic rings. The molecule has 0 radical (unpaired) electrons. The SMILES string of the molecule is CC[Si](CC)(CC)OC(CCC1CCC(C)(C)CC1)c1c(Cl)cc(F)cc1Cl. The molecule has 0 saturated heterocycles. The molecule has 0 heterocycles. The highest BCUT2D eigenvalue weighted by Gasteiger charge is 2.35. The normalized spacial score (nSPS) is 19.0. The number of rotatable bonds is 9. The van der Waals surface area contributed by atoms with Crippen LogP contribution in [-0.2, 0) is 4.43 Å². The molecule has 0 bridgehead atoms.